The first kappa shape index (κ1) is 44.8. The van der Waals surface area contributed by atoms with Crippen molar-refractivity contribution < 1.29 is 31.5 Å². The predicted molar refractivity (Wildman–Crippen MR) is 214 cm³/mol. The minimum Gasteiger partial charge on any atom is -0.618 e. The van der Waals surface area contributed by atoms with Crippen molar-refractivity contribution in [2.75, 3.05) is 39.4 Å². The average Bonchev–Trinajstić information content (AvgIpc) is 3.13. The maximum absolute atomic E-state index is 13.3. The summed E-state index contributed by atoms with van der Waals surface area (Å²) < 4.78 is 34.8. The largest absolute Gasteiger partial charge is 0.618 e. The lowest BCUT2D eigenvalue weighted by Crippen LogP contribution is -2.57. The Morgan fingerprint density at radius 3 is 2.06 bits per heavy atom. The van der Waals surface area contributed by atoms with E-state index in [1.54, 1.807) is 13.0 Å². The second kappa shape index (κ2) is 22.7. The molecule has 2 aliphatic rings. The molecule has 298 valence electrons. The van der Waals surface area contributed by atoms with E-state index in [1.807, 2.05) is 18.7 Å². The fourth-order valence-corrected chi connectivity index (χ4v) is 7.92. The number of likely N-dealkylation sites (tertiary alicyclic amines) is 2. The van der Waals surface area contributed by atoms with Crippen LogP contribution in [0.2, 0.25) is 0 Å². The molecule has 0 atom stereocenters. The van der Waals surface area contributed by atoms with Gasteiger partial charge in [-0.3, -0.25) is 14.2 Å². The number of carbonyl (C=O) groups is 1. The number of piperidine rings is 2. The number of aromatic nitrogens is 1. The molecule has 13 heteroatoms. The molecule has 1 aromatic carbocycles. The highest BCUT2D eigenvalue weighted by Crippen LogP contribution is 2.34. The van der Waals surface area contributed by atoms with Crippen LogP contribution in [-0.2, 0) is 19.4 Å². The van der Waals surface area contributed by atoms with Crippen LogP contribution in [0.4, 0.5) is 0 Å². The molecule has 0 radical (unpaired) electrons. The first-order chi connectivity index (χ1) is 25.3. The van der Waals surface area contributed by atoms with E-state index in [4.69, 9.17) is 9.39 Å². The Bertz CT molecular complexity index is 1540. The fourth-order valence-electron chi connectivity index (χ4n) is 7.32. The van der Waals surface area contributed by atoms with Crippen molar-refractivity contribution in [1.82, 2.24) is 9.80 Å². The Morgan fingerprint density at radius 1 is 0.943 bits per heavy atom. The van der Waals surface area contributed by atoms with Crippen LogP contribution in [0.5, 0.6) is 0 Å². The Balaban J connectivity index is 0.000000377. The van der Waals surface area contributed by atoms with Crippen molar-refractivity contribution in [3.8, 4) is 0 Å². The van der Waals surface area contributed by atoms with Gasteiger partial charge in [-0.25, -0.2) is 4.18 Å². The molecule has 2 aromatic rings. The van der Waals surface area contributed by atoms with Gasteiger partial charge < -0.3 is 14.9 Å². The van der Waals surface area contributed by atoms with E-state index in [9.17, 15) is 18.4 Å². The molecule has 1 aromatic heterocycles. The Kier molecular flexibility index (Phi) is 19.2. The van der Waals surface area contributed by atoms with Crippen LogP contribution in [-0.4, -0.2) is 79.3 Å². The zero-order valence-electron chi connectivity index (χ0n) is 32.7. The third kappa shape index (κ3) is 14.9. The van der Waals surface area contributed by atoms with E-state index in [-0.39, 0.29) is 18.1 Å². The molecule has 0 spiro atoms. The summed E-state index contributed by atoms with van der Waals surface area (Å²) in [7, 11) is -4.23. The molecule has 4 rings (SSSR count). The van der Waals surface area contributed by atoms with Gasteiger partial charge in [0.1, 0.15) is 12.2 Å². The highest BCUT2D eigenvalue weighted by molar-refractivity contribution is 9.10. The predicted octanol–water partition coefficient (Wildman–Crippen LogP) is 8.57. The molecule has 2 aliphatic heterocycles. The molecule has 1 amide bonds. The molecule has 0 aliphatic carbocycles. The molecule has 0 saturated carbocycles. The quantitative estimate of drug-likeness (QED) is 0.0395. The van der Waals surface area contributed by atoms with Gasteiger partial charge in [0, 0.05) is 42.0 Å². The fraction of sp³-hybridized carbons (Fsp3) is 0.675. The van der Waals surface area contributed by atoms with Crippen LogP contribution in [0.3, 0.4) is 0 Å². The van der Waals surface area contributed by atoms with E-state index >= 15 is 0 Å². The molecule has 3 heterocycles. The molecule has 0 unspecified atom stereocenters. The van der Waals surface area contributed by atoms with E-state index < -0.39 is 10.4 Å². The Hall–Kier alpha value is -2.58. The third-order valence-corrected chi connectivity index (χ3v) is 11.7. The van der Waals surface area contributed by atoms with Gasteiger partial charge in [0.15, 0.2) is 6.20 Å². The number of pyridine rings is 1. The molecule has 1 N–H and O–H groups in total. The van der Waals surface area contributed by atoms with Crippen LogP contribution < -0.4 is 4.73 Å². The number of carbonyl (C=O) groups excluding carboxylic acids is 1. The summed E-state index contributed by atoms with van der Waals surface area (Å²) >= 11 is 3.52. The van der Waals surface area contributed by atoms with Gasteiger partial charge in [-0.2, -0.15) is 13.1 Å². The number of aryl methyl sites for hydroxylation is 1. The highest BCUT2D eigenvalue weighted by Gasteiger charge is 2.40. The van der Waals surface area contributed by atoms with Crippen LogP contribution >= 0.6 is 15.9 Å². The molecular weight excluding hydrogens is 760 g/mol. The molecule has 0 bridgehead atoms. The number of amides is 1. The molecule has 53 heavy (non-hydrogen) atoms. The van der Waals surface area contributed by atoms with Crippen molar-refractivity contribution in [3.05, 3.63) is 68.6 Å². The number of halogens is 1. The molecule has 2 fully saturated rings. The molecule has 11 nitrogen and oxygen atoms in total. The van der Waals surface area contributed by atoms with Crippen molar-refractivity contribution in [2.24, 2.45) is 11.1 Å². The summed E-state index contributed by atoms with van der Waals surface area (Å²) in [5.74, 6) is 0.337. The van der Waals surface area contributed by atoms with Gasteiger partial charge in [-0.15, -0.1) is 0 Å². The number of rotatable bonds is 18. The maximum atomic E-state index is 13.3. The van der Waals surface area contributed by atoms with Gasteiger partial charge in [-0.1, -0.05) is 97.9 Å². The summed E-state index contributed by atoms with van der Waals surface area (Å²) in [6, 6.07) is 10.0. The Morgan fingerprint density at radius 2 is 1.51 bits per heavy atom. The zero-order chi connectivity index (χ0) is 38.9. The van der Waals surface area contributed by atoms with E-state index in [0.29, 0.717) is 43.3 Å². The third-order valence-electron chi connectivity index (χ3n) is 10.7. The molecular formula is C40H63BrN4O7S. The monoisotopic (exact) mass is 822 g/mol. The SMILES string of the molecule is CCCCCCCCCCCCOS(=O)(=O)O.CCO/N=C(/c1ccc(Br)cc1)C1CCN(C2(C)CCN(C(=O)c3c(C)cc[n+]([O-])c3C)CC2)CC1. The number of nitrogens with zero attached hydrogens (tertiary/aromatic N) is 4. The first-order valence-corrected chi connectivity index (χ1v) is 21.8. The van der Waals surface area contributed by atoms with Gasteiger partial charge in [0.2, 0.25) is 5.69 Å². The lowest BCUT2D eigenvalue weighted by Gasteiger charge is -2.49. The van der Waals surface area contributed by atoms with Gasteiger partial charge in [0.05, 0.1) is 12.3 Å². The van der Waals surface area contributed by atoms with Crippen LogP contribution in [0.1, 0.15) is 138 Å². The second-order valence-electron chi connectivity index (χ2n) is 14.7. The zero-order valence-corrected chi connectivity index (χ0v) is 35.1. The minimum atomic E-state index is -4.23. The second-order valence-corrected chi connectivity index (χ2v) is 16.7. The summed E-state index contributed by atoms with van der Waals surface area (Å²) in [5.41, 5.74) is 4.11. The number of unbranched alkanes of at least 4 members (excludes halogenated alkanes) is 9. The van der Waals surface area contributed by atoms with Crippen LogP contribution in [0.25, 0.3) is 0 Å². The van der Waals surface area contributed by atoms with E-state index in [2.05, 4.69) is 68.3 Å². The van der Waals surface area contributed by atoms with E-state index in [0.717, 1.165) is 77.7 Å². The summed E-state index contributed by atoms with van der Waals surface area (Å²) in [6.07, 6.45) is 17.2. The number of oxime groups is 1. The highest BCUT2D eigenvalue weighted by atomic mass is 79.9. The standard InChI is InChI=1S/C28H37BrN4O3.C12H26O4S/c1-5-36-30-26(22-6-8-24(29)9-7-22)23-11-15-32(16-12-23)28(4)13-18-31(19-14-28)27(34)25-20(2)10-17-33(35)21(25)3;1-2-3-4-5-6-7-8-9-10-11-12-16-17(13,14)15/h6-10,17,23H,5,11-16,18-19H2,1-4H3;2-12H2,1H3,(H,13,14,15)/b30-26-;. The number of hydrogen-bond donors (Lipinski definition) is 1. The van der Waals surface area contributed by atoms with Crippen LogP contribution in [0, 0.1) is 25.0 Å². The average molecular weight is 824 g/mol. The van der Waals surface area contributed by atoms with Crippen molar-refractivity contribution >= 4 is 37.9 Å². The van der Waals surface area contributed by atoms with Crippen molar-refractivity contribution in [2.45, 2.75) is 130 Å². The topological polar surface area (TPSA) is 136 Å². The van der Waals surface area contributed by atoms with E-state index in [1.165, 1.54) is 51.1 Å². The smallest absolute Gasteiger partial charge is 0.397 e. The Labute approximate surface area is 327 Å². The maximum Gasteiger partial charge on any atom is 0.397 e. The normalized spacial score (nSPS) is 17.0. The van der Waals surface area contributed by atoms with Gasteiger partial charge in [-0.05, 0) is 89.2 Å². The lowest BCUT2D eigenvalue weighted by molar-refractivity contribution is -0.612. The van der Waals surface area contributed by atoms with Crippen LogP contribution in [0.15, 0.2) is 46.2 Å². The number of benzene rings is 1. The first-order valence-electron chi connectivity index (χ1n) is 19.6. The number of hydrogen-bond acceptors (Lipinski definition) is 8. The summed E-state index contributed by atoms with van der Waals surface area (Å²) in [5, 5.41) is 16.6. The van der Waals surface area contributed by atoms with Crippen molar-refractivity contribution in [3.63, 3.8) is 0 Å². The molecule has 2 saturated heterocycles. The summed E-state index contributed by atoms with van der Waals surface area (Å²) in [6.45, 7) is 14.2. The summed E-state index contributed by atoms with van der Waals surface area (Å²) in [4.78, 5) is 23.3. The van der Waals surface area contributed by atoms with Gasteiger partial charge >= 0.3 is 10.4 Å². The van der Waals surface area contributed by atoms with Gasteiger partial charge in [0.25, 0.3) is 5.91 Å². The minimum absolute atomic E-state index is 0.0257. The lowest BCUT2D eigenvalue weighted by atomic mass is 9.82. The van der Waals surface area contributed by atoms with Crippen molar-refractivity contribution in [1.29, 1.82) is 0 Å².